The average molecular weight is 161 g/mol. The highest BCUT2D eigenvalue weighted by molar-refractivity contribution is 5.47. The summed E-state index contributed by atoms with van der Waals surface area (Å²) in [4.78, 5) is 0. The van der Waals surface area contributed by atoms with Gasteiger partial charge in [-0.2, -0.15) is 0 Å². The van der Waals surface area contributed by atoms with E-state index in [-0.39, 0.29) is 6.04 Å². The SMILES string of the molecule is C=Cc1ccc(C(N)CC)cc1. The summed E-state index contributed by atoms with van der Waals surface area (Å²) < 4.78 is 0. The van der Waals surface area contributed by atoms with Gasteiger partial charge < -0.3 is 5.73 Å². The first-order valence-electron chi connectivity index (χ1n) is 4.26. The third-order valence-electron chi connectivity index (χ3n) is 2.04. The Morgan fingerprint density at radius 2 is 2.00 bits per heavy atom. The van der Waals surface area contributed by atoms with Gasteiger partial charge in [0.15, 0.2) is 0 Å². The van der Waals surface area contributed by atoms with Gasteiger partial charge in [-0.25, -0.2) is 0 Å². The zero-order valence-corrected chi connectivity index (χ0v) is 7.46. The molecule has 0 fully saturated rings. The molecule has 1 unspecified atom stereocenters. The molecule has 0 heterocycles. The van der Waals surface area contributed by atoms with E-state index in [1.807, 2.05) is 18.2 Å². The molecular formula is C11H15N. The Morgan fingerprint density at radius 1 is 1.42 bits per heavy atom. The van der Waals surface area contributed by atoms with Crippen molar-refractivity contribution in [2.24, 2.45) is 5.73 Å². The molecule has 1 rings (SSSR count). The Balaban J connectivity index is 2.84. The normalized spacial score (nSPS) is 12.5. The van der Waals surface area contributed by atoms with Crippen molar-refractivity contribution in [2.75, 3.05) is 0 Å². The molecule has 0 aromatic heterocycles. The summed E-state index contributed by atoms with van der Waals surface area (Å²) in [5, 5.41) is 0. The molecular weight excluding hydrogens is 146 g/mol. The second-order valence-corrected chi connectivity index (χ2v) is 2.89. The minimum absolute atomic E-state index is 0.170. The number of nitrogens with two attached hydrogens (primary N) is 1. The predicted molar refractivity (Wildman–Crippen MR) is 53.8 cm³/mol. The van der Waals surface area contributed by atoms with Gasteiger partial charge in [0.05, 0.1) is 0 Å². The van der Waals surface area contributed by atoms with Crippen LogP contribution in [-0.4, -0.2) is 0 Å². The molecule has 1 heteroatoms. The van der Waals surface area contributed by atoms with Crippen LogP contribution in [0.4, 0.5) is 0 Å². The Kier molecular flexibility index (Phi) is 3.06. The van der Waals surface area contributed by atoms with E-state index in [2.05, 4.69) is 25.6 Å². The lowest BCUT2D eigenvalue weighted by Gasteiger charge is -2.08. The lowest BCUT2D eigenvalue weighted by molar-refractivity contribution is 0.699. The third-order valence-corrected chi connectivity index (χ3v) is 2.04. The van der Waals surface area contributed by atoms with Gasteiger partial charge in [0, 0.05) is 6.04 Å². The van der Waals surface area contributed by atoms with E-state index in [1.54, 1.807) is 0 Å². The highest BCUT2D eigenvalue weighted by Crippen LogP contribution is 2.14. The maximum absolute atomic E-state index is 5.86. The molecule has 0 amide bonds. The summed E-state index contributed by atoms with van der Waals surface area (Å²) in [7, 11) is 0. The van der Waals surface area contributed by atoms with Crippen molar-refractivity contribution in [3.05, 3.63) is 42.0 Å². The fourth-order valence-corrected chi connectivity index (χ4v) is 1.11. The summed E-state index contributed by atoms with van der Waals surface area (Å²) in [6.45, 7) is 5.78. The molecule has 0 aliphatic rings. The molecule has 0 saturated heterocycles. The summed E-state index contributed by atoms with van der Waals surface area (Å²) in [5.74, 6) is 0. The van der Waals surface area contributed by atoms with Crippen LogP contribution >= 0.6 is 0 Å². The Hall–Kier alpha value is -1.08. The van der Waals surface area contributed by atoms with Crippen molar-refractivity contribution in [1.29, 1.82) is 0 Å². The molecule has 0 saturated carbocycles. The summed E-state index contributed by atoms with van der Waals surface area (Å²) in [6.07, 6.45) is 2.81. The van der Waals surface area contributed by atoms with Gasteiger partial charge in [-0.3, -0.25) is 0 Å². The molecule has 1 aromatic carbocycles. The van der Waals surface area contributed by atoms with Gasteiger partial charge in [-0.05, 0) is 17.5 Å². The maximum atomic E-state index is 5.86. The van der Waals surface area contributed by atoms with Gasteiger partial charge in [0.1, 0.15) is 0 Å². The topological polar surface area (TPSA) is 26.0 Å². The van der Waals surface area contributed by atoms with Crippen LogP contribution in [0.5, 0.6) is 0 Å². The highest BCUT2D eigenvalue weighted by atomic mass is 14.6. The van der Waals surface area contributed by atoms with Gasteiger partial charge in [0.2, 0.25) is 0 Å². The van der Waals surface area contributed by atoms with E-state index < -0.39 is 0 Å². The zero-order chi connectivity index (χ0) is 8.97. The fourth-order valence-electron chi connectivity index (χ4n) is 1.11. The van der Waals surface area contributed by atoms with E-state index in [0.717, 1.165) is 12.0 Å². The first-order chi connectivity index (χ1) is 5.77. The Bertz CT molecular complexity index is 248. The van der Waals surface area contributed by atoms with Gasteiger partial charge in [-0.1, -0.05) is 43.8 Å². The molecule has 0 spiro atoms. The Morgan fingerprint density at radius 3 is 2.42 bits per heavy atom. The standard InChI is InChI=1S/C11H15N/c1-3-9-5-7-10(8-6-9)11(12)4-2/h3,5-8,11H,1,4,12H2,2H3. The van der Waals surface area contributed by atoms with Crippen molar-refractivity contribution in [3.8, 4) is 0 Å². The lowest BCUT2D eigenvalue weighted by Crippen LogP contribution is -2.07. The van der Waals surface area contributed by atoms with Crippen molar-refractivity contribution >= 4 is 6.08 Å². The second-order valence-electron chi connectivity index (χ2n) is 2.89. The van der Waals surface area contributed by atoms with E-state index in [4.69, 9.17) is 5.73 Å². The number of rotatable bonds is 3. The molecule has 1 nitrogen and oxygen atoms in total. The van der Waals surface area contributed by atoms with Crippen LogP contribution in [0.15, 0.2) is 30.8 Å². The van der Waals surface area contributed by atoms with Gasteiger partial charge in [0.25, 0.3) is 0 Å². The first kappa shape index (κ1) is 9.01. The van der Waals surface area contributed by atoms with Crippen molar-refractivity contribution in [3.63, 3.8) is 0 Å². The van der Waals surface area contributed by atoms with E-state index >= 15 is 0 Å². The minimum Gasteiger partial charge on any atom is -0.324 e. The van der Waals surface area contributed by atoms with Crippen LogP contribution in [0.3, 0.4) is 0 Å². The van der Waals surface area contributed by atoms with Crippen molar-refractivity contribution < 1.29 is 0 Å². The molecule has 0 aliphatic carbocycles. The van der Waals surface area contributed by atoms with Crippen LogP contribution in [-0.2, 0) is 0 Å². The van der Waals surface area contributed by atoms with E-state index in [1.165, 1.54) is 5.56 Å². The maximum Gasteiger partial charge on any atom is 0.0292 e. The van der Waals surface area contributed by atoms with Gasteiger partial charge >= 0.3 is 0 Å². The summed E-state index contributed by atoms with van der Waals surface area (Å²) >= 11 is 0. The lowest BCUT2D eigenvalue weighted by atomic mass is 10.0. The van der Waals surface area contributed by atoms with Crippen molar-refractivity contribution in [2.45, 2.75) is 19.4 Å². The van der Waals surface area contributed by atoms with Crippen LogP contribution in [0.1, 0.15) is 30.5 Å². The quantitative estimate of drug-likeness (QED) is 0.724. The number of benzene rings is 1. The third kappa shape index (κ3) is 1.95. The molecule has 2 N–H and O–H groups in total. The second kappa shape index (κ2) is 4.07. The predicted octanol–water partition coefficient (Wildman–Crippen LogP) is 2.74. The minimum atomic E-state index is 0.170. The molecule has 64 valence electrons. The fraction of sp³-hybridized carbons (Fsp3) is 0.273. The van der Waals surface area contributed by atoms with Crippen LogP contribution in [0.2, 0.25) is 0 Å². The van der Waals surface area contributed by atoms with Crippen LogP contribution < -0.4 is 5.73 Å². The number of hydrogen-bond acceptors (Lipinski definition) is 1. The average Bonchev–Trinajstić information content (AvgIpc) is 2.17. The molecule has 0 aliphatic heterocycles. The Labute approximate surface area is 73.9 Å². The van der Waals surface area contributed by atoms with Crippen molar-refractivity contribution in [1.82, 2.24) is 0 Å². The summed E-state index contributed by atoms with van der Waals surface area (Å²) in [6, 6.07) is 8.37. The first-order valence-corrected chi connectivity index (χ1v) is 4.26. The van der Waals surface area contributed by atoms with Crippen LogP contribution in [0.25, 0.3) is 6.08 Å². The highest BCUT2D eigenvalue weighted by Gasteiger charge is 2.00. The largest absolute Gasteiger partial charge is 0.324 e. The molecule has 1 aromatic rings. The molecule has 0 radical (unpaired) electrons. The zero-order valence-electron chi connectivity index (χ0n) is 7.46. The van der Waals surface area contributed by atoms with Gasteiger partial charge in [-0.15, -0.1) is 0 Å². The van der Waals surface area contributed by atoms with E-state index in [0.29, 0.717) is 0 Å². The molecule has 1 atom stereocenters. The monoisotopic (exact) mass is 161 g/mol. The summed E-state index contributed by atoms with van der Waals surface area (Å²) in [5.41, 5.74) is 8.20. The molecule has 0 bridgehead atoms. The molecule has 12 heavy (non-hydrogen) atoms. The number of hydrogen-bond donors (Lipinski definition) is 1. The van der Waals surface area contributed by atoms with Crippen LogP contribution in [0, 0.1) is 0 Å². The smallest absolute Gasteiger partial charge is 0.0292 e. The van der Waals surface area contributed by atoms with E-state index in [9.17, 15) is 0 Å².